The van der Waals surface area contributed by atoms with Gasteiger partial charge in [0.2, 0.25) is 5.78 Å². The molecule has 2 unspecified atom stereocenters. The van der Waals surface area contributed by atoms with Crippen LogP contribution in [0.5, 0.6) is 0 Å². The van der Waals surface area contributed by atoms with Crippen LogP contribution in [0, 0.1) is 0 Å². The Hall–Kier alpha value is -1.97. The maximum Gasteiger partial charge on any atom is 0.261 e. The van der Waals surface area contributed by atoms with Crippen molar-refractivity contribution in [3.05, 3.63) is 71.8 Å². The molecule has 3 heteroatoms. The second kappa shape index (κ2) is 8.41. The van der Waals surface area contributed by atoms with Crippen LogP contribution in [0.1, 0.15) is 54.9 Å². The van der Waals surface area contributed by atoms with E-state index in [1.807, 2.05) is 60.7 Å². The lowest BCUT2D eigenvalue weighted by atomic mass is 9.96. The fraction of sp³-hybridized carbons (Fsp3) is 0.409. The van der Waals surface area contributed by atoms with E-state index in [9.17, 15) is 4.79 Å². The summed E-state index contributed by atoms with van der Waals surface area (Å²) in [5, 5.41) is 0. The first kappa shape index (κ1) is 17.8. The van der Waals surface area contributed by atoms with Crippen LogP contribution in [-0.2, 0) is 15.3 Å². The molecule has 0 saturated carbocycles. The standard InChI is InChI=1S/C22H26O3/c1-2-3-4-11-16-20-17-24-22(25-20,19-14-9-6-10-15-19)21(23)18-12-7-5-8-13-18/h5-10,12-15,20H,2-4,11,16-17H2,1H3. The fourth-order valence-corrected chi connectivity index (χ4v) is 3.29. The van der Waals surface area contributed by atoms with Crippen LogP contribution in [0.2, 0.25) is 0 Å². The highest BCUT2D eigenvalue weighted by Crippen LogP contribution is 2.38. The molecule has 0 amide bonds. The molecule has 0 aliphatic carbocycles. The molecule has 1 heterocycles. The lowest BCUT2D eigenvalue weighted by molar-refractivity contribution is -0.138. The summed E-state index contributed by atoms with van der Waals surface area (Å²) in [6.45, 7) is 2.66. The molecule has 1 saturated heterocycles. The van der Waals surface area contributed by atoms with Crippen LogP contribution >= 0.6 is 0 Å². The molecular formula is C22H26O3. The molecule has 132 valence electrons. The fourth-order valence-electron chi connectivity index (χ4n) is 3.29. The van der Waals surface area contributed by atoms with Crippen LogP contribution in [0.4, 0.5) is 0 Å². The van der Waals surface area contributed by atoms with Gasteiger partial charge in [0, 0.05) is 11.1 Å². The number of unbranched alkanes of at least 4 members (excludes halogenated alkanes) is 3. The largest absolute Gasteiger partial charge is 0.337 e. The Morgan fingerprint density at radius 1 is 1.00 bits per heavy atom. The zero-order chi connectivity index (χ0) is 17.5. The first-order valence-electron chi connectivity index (χ1n) is 9.23. The molecule has 1 aliphatic heterocycles. The maximum absolute atomic E-state index is 13.2. The van der Waals surface area contributed by atoms with Gasteiger partial charge < -0.3 is 9.47 Å². The summed E-state index contributed by atoms with van der Waals surface area (Å²) in [6, 6.07) is 18.8. The third-order valence-electron chi connectivity index (χ3n) is 4.67. The van der Waals surface area contributed by atoms with Crippen LogP contribution in [0.3, 0.4) is 0 Å². The van der Waals surface area contributed by atoms with E-state index in [1.54, 1.807) is 0 Å². The van der Waals surface area contributed by atoms with Crippen molar-refractivity contribution in [2.75, 3.05) is 6.61 Å². The van der Waals surface area contributed by atoms with Crippen molar-refractivity contribution in [3.8, 4) is 0 Å². The molecular weight excluding hydrogens is 312 g/mol. The van der Waals surface area contributed by atoms with Gasteiger partial charge in [-0.1, -0.05) is 93.3 Å². The van der Waals surface area contributed by atoms with Crippen LogP contribution in [0.15, 0.2) is 60.7 Å². The van der Waals surface area contributed by atoms with E-state index in [0.29, 0.717) is 12.2 Å². The second-order valence-electron chi connectivity index (χ2n) is 6.58. The number of benzene rings is 2. The summed E-state index contributed by atoms with van der Waals surface area (Å²) in [7, 11) is 0. The lowest BCUT2D eigenvalue weighted by Gasteiger charge is -2.27. The van der Waals surface area contributed by atoms with Crippen LogP contribution < -0.4 is 0 Å². The average molecular weight is 338 g/mol. The molecule has 0 spiro atoms. The minimum atomic E-state index is -1.32. The van der Waals surface area contributed by atoms with Gasteiger partial charge >= 0.3 is 0 Å². The molecule has 0 N–H and O–H groups in total. The van der Waals surface area contributed by atoms with E-state index in [2.05, 4.69) is 6.92 Å². The predicted molar refractivity (Wildman–Crippen MR) is 98.5 cm³/mol. The van der Waals surface area contributed by atoms with Gasteiger partial charge in [-0.25, -0.2) is 0 Å². The van der Waals surface area contributed by atoms with Gasteiger partial charge in [0.15, 0.2) is 0 Å². The molecule has 0 bridgehead atoms. The minimum Gasteiger partial charge on any atom is -0.337 e. The molecule has 2 aromatic rings. The number of Topliss-reactive ketones (excluding diaryl/α,β-unsaturated/α-hetero) is 1. The summed E-state index contributed by atoms with van der Waals surface area (Å²) in [6.07, 6.45) is 5.64. The zero-order valence-electron chi connectivity index (χ0n) is 14.8. The van der Waals surface area contributed by atoms with Crippen molar-refractivity contribution >= 4 is 5.78 Å². The molecule has 0 aromatic heterocycles. The summed E-state index contributed by atoms with van der Waals surface area (Å²) in [4.78, 5) is 13.2. The highest BCUT2D eigenvalue weighted by Gasteiger charge is 2.49. The quantitative estimate of drug-likeness (QED) is 0.496. The smallest absolute Gasteiger partial charge is 0.261 e. The lowest BCUT2D eigenvalue weighted by Crippen LogP contribution is -2.37. The van der Waals surface area contributed by atoms with Gasteiger partial charge in [-0.05, 0) is 6.42 Å². The zero-order valence-corrected chi connectivity index (χ0v) is 14.8. The molecule has 2 aromatic carbocycles. The van der Waals surface area contributed by atoms with E-state index in [0.717, 1.165) is 18.4 Å². The Bertz CT molecular complexity index is 668. The number of hydrogen-bond acceptors (Lipinski definition) is 3. The SMILES string of the molecule is CCCCCCC1COC(C(=O)c2ccccc2)(c2ccccc2)O1. The Morgan fingerprint density at radius 3 is 2.36 bits per heavy atom. The maximum atomic E-state index is 13.2. The Labute approximate surface area is 150 Å². The summed E-state index contributed by atoms with van der Waals surface area (Å²) >= 11 is 0. The van der Waals surface area contributed by atoms with E-state index in [1.165, 1.54) is 19.3 Å². The first-order valence-corrected chi connectivity index (χ1v) is 9.23. The van der Waals surface area contributed by atoms with Crippen LogP contribution in [-0.4, -0.2) is 18.5 Å². The van der Waals surface area contributed by atoms with Crippen molar-refractivity contribution in [2.45, 2.75) is 50.9 Å². The van der Waals surface area contributed by atoms with Gasteiger partial charge in [-0.2, -0.15) is 0 Å². The van der Waals surface area contributed by atoms with Gasteiger partial charge in [-0.3, -0.25) is 4.79 Å². The highest BCUT2D eigenvalue weighted by molar-refractivity contribution is 6.02. The van der Waals surface area contributed by atoms with Crippen molar-refractivity contribution in [1.82, 2.24) is 0 Å². The van der Waals surface area contributed by atoms with Gasteiger partial charge in [0.25, 0.3) is 5.79 Å². The Morgan fingerprint density at radius 2 is 1.68 bits per heavy atom. The normalized spacial score (nSPS) is 22.8. The van der Waals surface area contributed by atoms with E-state index < -0.39 is 5.79 Å². The summed E-state index contributed by atoms with van der Waals surface area (Å²) in [5.74, 6) is -1.45. The van der Waals surface area contributed by atoms with Crippen molar-refractivity contribution in [2.24, 2.45) is 0 Å². The monoisotopic (exact) mass is 338 g/mol. The number of ether oxygens (including phenoxy) is 2. The summed E-state index contributed by atoms with van der Waals surface area (Å²) in [5.41, 5.74) is 1.37. The average Bonchev–Trinajstić information content (AvgIpc) is 3.11. The molecule has 3 rings (SSSR count). The third-order valence-corrected chi connectivity index (χ3v) is 4.67. The van der Waals surface area contributed by atoms with Gasteiger partial charge in [0.1, 0.15) is 0 Å². The van der Waals surface area contributed by atoms with Gasteiger partial charge in [-0.15, -0.1) is 0 Å². The molecule has 0 radical (unpaired) electrons. The number of hydrogen-bond donors (Lipinski definition) is 0. The highest BCUT2D eigenvalue weighted by atomic mass is 16.7. The van der Waals surface area contributed by atoms with Crippen molar-refractivity contribution in [1.29, 1.82) is 0 Å². The Kier molecular flexibility index (Phi) is 6.00. The first-order chi connectivity index (χ1) is 12.3. The van der Waals surface area contributed by atoms with Crippen molar-refractivity contribution in [3.63, 3.8) is 0 Å². The number of carbonyl (C=O) groups is 1. The second-order valence-corrected chi connectivity index (χ2v) is 6.58. The van der Waals surface area contributed by atoms with E-state index in [-0.39, 0.29) is 11.9 Å². The molecule has 25 heavy (non-hydrogen) atoms. The van der Waals surface area contributed by atoms with E-state index >= 15 is 0 Å². The molecule has 3 nitrogen and oxygen atoms in total. The predicted octanol–water partition coefficient (Wildman–Crippen LogP) is 5.11. The topological polar surface area (TPSA) is 35.5 Å². The Balaban J connectivity index is 1.81. The molecule has 1 fully saturated rings. The van der Waals surface area contributed by atoms with Crippen LogP contribution in [0.25, 0.3) is 0 Å². The van der Waals surface area contributed by atoms with Crippen molar-refractivity contribution < 1.29 is 14.3 Å². The summed E-state index contributed by atoms with van der Waals surface area (Å²) < 4.78 is 12.3. The number of carbonyl (C=O) groups excluding carboxylic acids is 1. The number of rotatable bonds is 8. The number of ketones is 1. The molecule has 2 atom stereocenters. The third kappa shape index (κ3) is 4.00. The minimum absolute atomic E-state index is 0.0373. The molecule has 1 aliphatic rings. The van der Waals surface area contributed by atoms with Gasteiger partial charge in [0.05, 0.1) is 12.7 Å². The van der Waals surface area contributed by atoms with E-state index in [4.69, 9.17) is 9.47 Å².